The summed E-state index contributed by atoms with van der Waals surface area (Å²) in [5.41, 5.74) is 2.83. The Hall–Kier alpha value is -6.85. The van der Waals surface area contributed by atoms with Gasteiger partial charge < -0.3 is 55.2 Å². The molecule has 2 fully saturated rings. The number of phenolic OH excluding ortho intramolecular Hbond substituents is 1. The molecule has 77 heavy (non-hydrogen) atoms. The molecule has 2 aliphatic rings. The molecule has 2 aromatic heterocycles. The summed E-state index contributed by atoms with van der Waals surface area (Å²) in [5.74, 6) is -4.10. The summed E-state index contributed by atoms with van der Waals surface area (Å²) in [6.07, 6.45) is 0.332. The fourth-order valence-corrected chi connectivity index (χ4v) is 10.3. The molecule has 23 heteroatoms. The van der Waals surface area contributed by atoms with Crippen LogP contribution in [0.5, 0.6) is 5.75 Å². The molecular weight excluding hydrogens is 1040 g/mol. The largest absolute Gasteiger partial charge is 0.507 e. The third kappa shape index (κ3) is 14.0. The quantitative estimate of drug-likeness (QED) is 0.0428. The van der Waals surface area contributed by atoms with E-state index in [4.69, 9.17) is 21.1 Å². The molecule has 7 rings (SSSR count). The van der Waals surface area contributed by atoms with Gasteiger partial charge in [-0.2, -0.15) is 4.98 Å². The molecule has 0 radical (unpaired) electrons. The second-order valence-electron chi connectivity index (χ2n) is 20.0. The van der Waals surface area contributed by atoms with E-state index < -0.39 is 70.3 Å². The van der Waals surface area contributed by atoms with E-state index in [1.165, 1.54) is 34.1 Å². The summed E-state index contributed by atoms with van der Waals surface area (Å²) in [6, 6.07) is 10.4. The van der Waals surface area contributed by atoms with Crippen LogP contribution in [0.1, 0.15) is 57.8 Å². The maximum atomic E-state index is 16.5. The molecule has 4 atom stereocenters. The van der Waals surface area contributed by atoms with Crippen LogP contribution in [0.2, 0.25) is 5.02 Å². The lowest BCUT2D eigenvalue weighted by Gasteiger charge is -2.35. The summed E-state index contributed by atoms with van der Waals surface area (Å²) in [7, 11) is 1.60. The van der Waals surface area contributed by atoms with E-state index in [1.807, 2.05) is 43.0 Å². The van der Waals surface area contributed by atoms with Crippen molar-refractivity contribution in [2.45, 2.75) is 71.7 Å². The minimum Gasteiger partial charge on any atom is -0.507 e. The number of aliphatic hydroxyl groups excluding tert-OH is 1. The van der Waals surface area contributed by atoms with Crippen molar-refractivity contribution in [2.24, 2.45) is 5.41 Å². The van der Waals surface area contributed by atoms with Gasteiger partial charge in [-0.05, 0) is 54.7 Å². The van der Waals surface area contributed by atoms with E-state index in [0.29, 0.717) is 32.0 Å². The standard InChI is InChI=1S/C54H65ClF2N10O9S/c1-8-42(71)65-18-20-66(21-19-65)50-36-27-37(55)44(45-38(56)10-9-11-40(45)69)46(57)47(36)62-53(63-50)58-17-16-43(72)64(7)22-23-75-24-25-76-29-41(70)61-49(54(4,5)6)52(74)67-28-35(68)26-39(67)51(73)60-31(2)33-12-14-34(15-13-33)48-32(3)59-30-77-48/h8-15,27,30-31,35,39,49,68-69H,1,16-26,28-29H2,2-7H3,(H,60,73)(H,61,70)(H,58,62,63)/t31-,35+,39-,49+/m0/s1. The number of ether oxygens (including phenoxy) is 2. The molecule has 0 bridgehead atoms. The van der Waals surface area contributed by atoms with Crippen molar-refractivity contribution in [3.05, 3.63) is 94.6 Å². The molecule has 0 aliphatic carbocycles. The van der Waals surface area contributed by atoms with E-state index in [2.05, 4.69) is 37.5 Å². The first kappa shape index (κ1) is 57.8. The normalized spacial score (nSPS) is 16.5. The summed E-state index contributed by atoms with van der Waals surface area (Å²) >= 11 is 8.13. The van der Waals surface area contributed by atoms with E-state index in [0.717, 1.165) is 27.8 Å². The lowest BCUT2D eigenvalue weighted by Crippen LogP contribution is -2.58. The van der Waals surface area contributed by atoms with Gasteiger partial charge in [0.15, 0.2) is 5.82 Å². The van der Waals surface area contributed by atoms with Crippen LogP contribution in [0.15, 0.2) is 66.7 Å². The second kappa shape index (κ2) is 25.5. The first-order chi connectivity index (χ1) is 36.7. The average Bonchev–Trinajstić information content (AvgIpc) is 4.08. The summed E-state index contributed by atoms with van der Waals surface area (Å²) < 4.78 is 42.8. The molecule has 0 unspecified atom stereocenters. The van der Waals surface area contributed by atoms with Crippen molar-refractivity contribution in [2.75, 3.05) is 89.5 Å². The number of hydrogen-bond donors (Lipinski definition) is 5. The third-order valence-electron chi connectivity index (χ3n) is 13.5. The van der Waals surface area contributed by atoms with Gasteiger partial charge in [0.05, 0.1) is 58.6 Å². The highest BCUT2D eigenvalue weighted by Gasteiger charge is 2.45. The predicted molar refractivity (Wildman–Crippen MR) is 289 cm³/mol. The molecule has 0 spiro atoms. The second-order valence-corrected chi connectivity index (χ2v) is 21.3. The van der Waals surface area contributed by atoms with E-state index in [-0.39, 0.29) is 98.2 Å². The third-order valence-corrected chi connectivity index (χ3v) is 14.7. The average molecular weight is 1100 g/mol. The molecule has 2 aliphatic heterocycles. The maximum absolute atomic E-state index is 16.5. The fraction of sp³-hybridized carbons (Fsp3) is 0.444. The number of likely N-dealkylation sites (tertiary alicyclic amines) is 1. The summed E-state index contributed by atoms with van der Waals surface area (Å²) in [4.78, 5) is 87.1. The van der Waals surface area contributed by atoms with Crippen molar-refractivity contribution >= 4 is 75.1 Å². The lowest BCUT2D eigenvalue weighted by molar-refractivity contribution is -0.144. The Bertz CT molecular complexity index is 2950. The number of carbonyl (C=O) groups is 5. The number of likely N-dealkylation sites (N-methyl/N-ethyl adjacent to an activating group) is 1. The minimum absolute atomic E-state index is 0.0151. The zero-order valence-corrected chi connectivity index (χ0v) is 45.5. The van der Waals surface area contributed by atoms with Crippen LogP contribution in [0.4, 0.5) is 20.5 Å². The number of aromatic hydroxyl groups is 1. The molecule has 412 valence electrons. The highest BCUT2D eigenvalue weighted by Crippen LogP contribution is 2.43. The van der Waals surface area contributed by atoms with E-state index >= 15 is 8.78 Å². The molecule has 0 saturated carbocycles. The van der Waals surface area contributed by atoms with Crippen LogP contribution in [0.25, 0.3) is 32.5 Å². The van der Waals surface area contributed by atoms with Crippen LogP contribution in [0, 0.1) is 24.0 Å². The van der Waals surface area contributed by atoms with Crippen LogP contribution >= 0.6 is 22.9 Å². The van der Waals surface area contributed by atoms with Gasteiger partial charge in [-0.1, -0.05) is 69.3 Å². The molecule has 3 aromatic carbocycles. The van der Waals surface area contributed by atoms with Gasteiger partial charge in [-0.25, -0.2) is 18.7 Å². The van der Waals surface area contributed by atoms with E-state index in [9.17, 15) is 34.2 Å². The van der Waals surface area contributed by atoms with Crippen LogP contribution in [0.3, 0.4) is 0 Å². The van der Waals surface area contributed by atoms with Crippen LogP contribution in [-0.2, 0) is 33.4 Å². The van der Waals surface area contributed by atoms with Crippen molar-refractivity contribution < 1.29 is 52.4 Å². The number of piperazine rings is 1. The van der Waals surface area contributed by atoms with Gasteiger partial charge in [0.1, 0.15) is 41.6 Å². The fourth-order valence-electron chi connectivity index (χ4n) is 9.16. The minimum atomic E-state index is -1.04. The zero-order valence-electron chi connectivity index (χ0n) is 43.9. The number of anilines is 2. The highest BCUT2D eigenvalue weighted by molar-refractivity contribution is 7.13. The van der Waals surface area contributed by atoms with Crippen molar-refractivity contribution in [1.82, 2.24) is 40.3 Å². The topological polar surface area (TPSA) is 232 Å². The van der Waals surface area contributed by atoms with Gasteiger partial charge in [0, 0.05) is 76.7 Å². The van der Waals surface area contributed by atoms with E-state index in [1.54, 1.807) is 49.6 Å². The number of halogens is 3. The Morgan fingerprint density at radius 3 is 2.38 bits per heavy atom. The highest BCUT2D eigenvalue weighted by atomic mass is 35.5. The smallest absolute Gasteiger partial charge is 0.246 e. The van der Waals surface area contributed by atoms with Crippen molar-refractivity contribution in [3.63, 3.8) is 0 Å². The summed E-state index contributed by atoms with van der Waals surface area (Å²) in [6.45, 7) is 14.1. The zero-order chi connectivity index (χ0) is 55.7. The number of benzene rings is 3. The van der Waals surface area contributed by atoms with Gasteiger partial charge >= 0.3 is 0 Å². The first-order valence-corrected chi connectivity index (χ1v) is 26.5. The van der Waals surface area contributed by atoms with Crippen molar-refractivity contribution in [3.8, 4) is 27.3 Å². The number of carbonyl (C=O) groups excluding carboxylic acids is 5. The Morgan fingerprint density at radius 1 is 1.00 bits per heavy atom. The van der Waals surface area contributed by atoms with Gasteiger partial charge in [0.25, 0.3) is 0 Å². The number of aryl methyl sites for hydroxylation is 1. The molecule has 4 heterocycles. The molecule has 19 nitrogen and oxygen atoms in total. The number of nitrogens with one attached hydrogen (secondary N) is 3. The van der Waals surface area contributed by atoms with Gasteiger partial charge in [-0.3, -0.25) is 24.0 Å². The Kier molecular flexibility index (Phi) is 19.2. The van der Waals surface area contributed by atoms with Gasteiger partial charge in [0.2, 0.25) is 35.5 Å². The SMILES string of the molecule is C=CC(=O)N1CCN(c2nc(NCCC(=O)N(C)CCOCCOCC(=O)N[C@H](C(=O)N3C[C@H](O)C[C@H]3C(=O)N[C@@H](C)c3ccc(-c4scnc4C)cc3)C(C)(C)C)nc3c(F)c(-c4c(O)cccc4F)c(Cl)cc23)CC1. The molecule has 2 saturated heterocycles. The number of β-amino-alcohol motifs (C(OH)–C–C–N with tert-alkyl or cyclic N) is 1. The Balaban J connectivity index is 0.862. The summed E-state index contributed by atoms with van der Waals surface area (Å²) in [5, 5.41) is 30.0. The number of aromatic nitrogens is 3. The van der Waals surface area contributed by atoms with Crippen LogP contribution < -0.4 is 20.9 Å². The first-order valence-electron chi connectivity index (χ1n) is 25.2. The molecular formula is C54H65ClF2N10O9S. The number of thiazole rings is 1. The van der Waals surface area contributed by atoms with Crippen LogP contribution in [-0.4, -0.2) is 167 Å². The Labute approximate surface area is 454 Å². The lowest BCUT2D eigenvalue weighted by atomic mass is 9.85. The molecule has 5 amide bonds. The Morgan fingerprint density at radius 2 is 1.71 bits per heavy atom. The molecule has 5 aromatic rings. The van der Waals surface area contributed by atoms with Gasteiger partial charge in [-0.15, -0.1) is 11.3 Å². The number of phenols is 1. The predicted octanol–water partition coefficient (Wildman–Crippen LogP) is 5.86. The number of rotatable bonds is 21. The van der Waals surface area contributed by atoms with Crippen molar-refractivity contribution in [1.29, 1.82) is 0 Å². The number of hydrogen-bond acceptors (Lipinski definition) is 15. The number of amides is 5. The maximum Gasteiger partial charge on any atom is 0.246 e. The monoisotopic (exact) mass is 1100 g/mol. The molecule has 5 N–H and O–H groups in total. The number of nitrogens with zero attached hydrogens (tertiary/aromatic N) is 7. The number of fused-ring (bicyclic) bond motifs is 1. The number of aliphatic hydroxyl groups is 1.